The fourth-order valence-corrected chi connectivity index (χ4v) is 3.96. The van der Waals surface area contributed by atoms with Crippen molar-refractivity contribution in [3.05, 3.63) is 59.5 Å². The molecule has 0 bridgehead atoms. The standard InChI is InChI=1S/C23H26N2O4/c1-15-24-23(25-29-15)19-13-21(28-14-16-8-4-3-5-9-16)20(27-2)12-18(19)22(26)17-10-6-7-11-17/h3-5,8-9,12-13,17,22,26H,6-7,10-11,14H2,1-2H3. The lowest BCUT2D eigenvalue weighted by Gasteiger charge is -2.22. The summed E-state index contributed by atoms with van der Waals surface area (Å²) in [7, 11) is 1.61. The fraction of sp³-hybridized carbons (Fsp3) is 0.391. The average Bonchev–Trinajstić information content (AvgIpc) is 3.44. The first-order valence-corrected chi connectivity index (χ1v) is 10.0. The quantitative estimate of drug-likeness (QED) is 0.617. The maximum Gasteiger partial charge on any atom is 0.223 e. The summed E-state index contributed by atoms with van der Waals surface area (Å²) in [5.74, 6) is 2.31. The van der Waals surface area contributed by atoms with Crippen LogP contribution in [0.15, 0.2) is 47.0 Å². The van der Waals surface area contributed by atoms with E-state index < -0.39 is 6.10 Å². The van der Waals surface area contributed by atoms with Crippen LogP contribution in [0, 0.1) is 12.8 Å². The molecule has 1 aromatic heterocycles. The van der Waals surface area contributed by atoms with Gasteiger partial charge in [-0.25, -0.2) is 0 Å². The van der Waals surface area contributed by atoms with Crippen LogP contribution in [0.3, 0.4) is 0 Å². The summed E-state index contributed by atoms with van der Waals surface area (Å²) in [6.07, 6.45) is 3.71. The molecule has 1 atom stereocenters. The van der Waals surface area contributed by atoms with Gasteiger partial charge in [-0.1, -0.05) is 48.3 Å². The number of rotatable bonds is 7. The van der Waals surface area contributed by atoms with Gasteiger partial charge in [0.2, 0.25) is 11.7 Å². The lowest BCUT2D eigenvalue weighted by molar-refractivity contribution is 0.111. The smallest absolute Gasteiger partial charge is 0.223 e. The summed E-state index contributed by atoms with van der Waals surface area (Å²) < 4.78 is 16.8. The second-order valence-corrected chi connectivity index (χ2v) is 7.49. The molecule has 1 saturated carbocycles. The van der Waals surface area contributed by atoms with Gasteiger partial charge in [0.15, 0.2) is 11.5 Å². The molecule has 0 aliphatic heterocycles. The van der Waals surface area contributed by atoms with Crippen LogP contribution < -0.4 is 9.47 Å². The largest absolute Gasteiger partial charge is 0.493 e. The molecule has 6 nitrogen and oxygen atoms in total. The van der Waals surface area contributed by atoms with Gasteiger partial charge in [0.1, 0.15) is 6.61 Å². The van der Waals surface area contributed by atoms with Gasteiger partial charge in [-0.3, -0.25) is 0 Å². The van der Waals surface area contributed by atoms with E-state index in [0.717, 1.165) is 36.8 Å². The number of aliphatic hydroxyl groups is 1. The Morgan fingerprint density at radius 1 is 1.14 bits per heavy atom. The van der Waals surface area contributed by atoms with Crippen molar-refractivity contribution in [2.24, 2.45) is 5.92 Å². The molecule has 6 heteroatoms. The minimum atomic E-state index is -0.608. The van der Waals surface area contributed by atoms with Crippen molar-refractivity contribution < 1.29 is 19.1 Å². The van der Waals surface area contributed by atoms with E-state index in [-0.39, 0.29) is 5.92 Å². The van der Waals surface area contributed by atoms with Crippen LogP contribution in [0.5, 0.6) is 11.5 Å². The van der Waals surface area contributed by atoms with E-state index in [4.69, 9.17) is 14.0 Å². The van der Waals surface area contributed by atoms with E-state index in [1.165, 1.54) is 0 Å². The third-order valence-corrected chi connectivity index (χ3v) is 5.51. The van der Waals surface area contributed by atoms with Crippen LogP contribution >= 0.6 is 0 Å². The van der Waals surface area contributed by atoms with Gasteiger partial charge >= 0.3 is 0 Å². The summed E-state index contributed by atoms with van der Waals surface area (Å²) in [5, 5.41) is 15.2. The Labute approximate surface area is 170 Å². The van der Waals surface area contributed by atoms with Crippen molar-refractivity contribution in [3.8, 4) is 22.9 Å². The Hall–Kier alpha value is -2.86. The molecule has 29 heavy (non-hydrogen) atoms. The molecule has 0 saturated heterocycles. The highest BCUT2D eigenvalue weighted by Gasteiger charge is 2.29. The predicted octanol–water partition coefficient (Wildman–Crippen LogP) is 4.86. The summed E-state index contributed by atoms with van der Waals surface area (Å²) in [6.45, 7) is 2.16. The number of methoxy groups -OCH3 is 1. The molecule has 4 rings (SSSR count). The third kappa shape index (κ3) is 4.27. The van der Waals surface area contributed by atoms with Crippen LogP contribution in [0.4, 0.5) is 0 Å². The van der Waals surface area contributed by atoms with Gasteiger partial charge in [0.25, 0.3) is 0 Å². The molecule has 0 radical (unpaired) electrons. The summed E-state index contributed by atoms with van der Waals surface area (Å²) in [6, 6.07) is 13.6. The van der Waals surface area contributed by atoms with Crippen LogP contribution in [0.1, 0.15) is 48.8 Å². The molecule has 1 aliphatic rings. The van der Waals surface area contributed by atoms with Crippen LogP contribution in [-0.2, 0) is 6.61 Å². The molecular weight excluding hydrogens is 368 g/mol. The van der Waals surface area contributed by atoms with Crippen molar-refractivity contribution in [2.45, 2.75) is 45.3 Å². The molecule has 3 aromatic rings. The Morgan fingerprint density at radius 3 is 2.55 bits per heavy atom. The van der Waals surface area contributed by atoms with Crippen molar-refractivity contribution in [1.82, 2.24) is 10.1 Å². The number of hydrogen-bond donors (Lipinski definition) is 1. The van der Waals surface area contributed by atoms with Crippen LogP contribution in [0.25, 0.3) is 11.4 Å². The molecule has 1 aliphatic carbocycles. The lowest BCUT2D eigenvalue weighted by atomic mass is 9.90. The normalized spacial score (nSPS) is 15.4. The first kappa shape index (κ1) is 19.5. The Morgan fingerprint density at radius 2 is 1.90 bits per heavy atom. The number of aryl methyl sites for hydroxylation is 1. The van der Waals surface area contributed by atoms with Gasteiger partial charge in [-0.2, -0.15) is 4.98 Å². The molecule has 1 heterocycles. The van der Waals surface area contributed by atoms with E-state index in [1.807, 2.05) is 42.5 Å². The van der Waals surface area contributed by atoms with Gasteiger partial charge in [-0.15, -0.1) is 0 Å². The van der Waals surface area contributed by atoms with E-state index in [9.17, 15) is 5.11 Å². The molecular formula is C23H26N2O4. The molecule has 1 N–H and O–H groups in total. The highest BCUT2D eigenvalue weighted by Crippen LogP contribution is 2.43. The van der Waals surface area contributed by atoms with Gasteiger partial charge in [0, 0.05) is 12.5 Å². The minimum Gasteiger partial charge on any atom is -0.493 e. The van der Waals surface area contributed by atoms with E-state index >= 15 is 0 Å². The maximum atomic E-state index is 11.1. The molecule has 1 unspecified atom stereocenters. The Balaban J connectivity index is 1.72. The second kappa shape index (κ2) is 8.66. The molecule has 152 valence electrons. The van der Waals surface area contributed by atoms with Gasteiger partial charge in [0.05, 0.1) is 13.2 Å². The van der Waals surface area contributed by atoms with E-state index in [1.54, 1.807) is 14.0 Å². The number of aromatic nitrogens is 2. The van der Waals surface area contributed by atoms with Crippen molar-refractivity contribution in [3.63, 3.8) is 0 Å². The van der Waals surface area contributed by atoms with Gasteiger partial charge in [-0.05, 0) is 42.0 Å². The number of nitrogens with zero attached hydrogens (tertiary/aromatic N) is 2. The number of hydrogen-bond acceptors (Lipinski definition) is 6. The lowest BCUT2D eigenvalue weighted by Crippen LogP contribution is -2.11. The second-order valence-electron chi connectivity index (χ2n) is 7.49. The molecule has 1 fully saturated rings. The highest BCUT2D eigenvalue weighted by atomic mass is 16.5. The van der Waals surface area contributed by atoms with Crippen molar-refractivity contribution in [1.29, 1.82) is 0 Å². The number of ether oxygens (including phenoxy) is 2. The predicted molar refractivity (Wildman–Crippen MR) is 109 cm³/mol. The van der Waals surface area contributed by atoms with E-state index in [2.05, 4.69) is 10.1 Å². The van der Waals surface area contributed by atoms with E-state index in [0.29, 0.717) is 35.4 Å². The minimum absolute atomic E-state index is 0.225. The maximum absolute atomic E-state index is 11.1. The summed E-state index contributed by atoms with van der Waals surface area (Å²) in [4.78, 5) is 4.38. The monoisotopic (exact) mass is 394 g/mol. The zero-order chi connectivity index (χ0) is 20.2. The number of aliphatic hydroxyl groups excluding tert-OH is 1. The summed E-state index contributed by atoms with van der Waals surface area (Å²) in [5.41, 5.74) is 2.52. The molecule has 2 aromatic carbocycles. The zero-order valence-corrected chi connectivity index (χ0v) is 16.8. The Bertz CT molecular complexity index is 949. The first-order chi connectivity index (χ1) is 14.2. The third-order valence-electron chi connectivity index (χ3n) is 5.51. The zero-order valence-electron chi connectivity index (χ0n) is 16.8. The SMILES string of the molecule is COc1cc(C(O)C2CCCC2)c(-c2noc(C)n2)cc1OCc1ccccc1. The molecule has 0 spiro atoms. The van der Waals surface area contributed by atoms with Crippen molar-refractivity contribution >= 4 is 0 Å². The van der Waals surface area contributed by atoms with Gasteiger partial charge < -0.3 is 19.1 Å². The van der Waals surface area contributed by atoms with Crippen LogP contribution in [-0.4, -0.2) is 22.4 Å². The Kier molecular flexibility index (Phi) is 5.81. The first-order valence-electron chi connectivity index (χ1n) is 10.0. The topological polar surface area (TPSA) is 77.6 Å². The van der Waals surface area contributed by atoms with Crippen molar-refractivity contribution in [2.75, 3.05) is 7.11 Å². The molecule has 0 amide bonds. The number of benzene rings is 2. The average molecular weight is 394 g/mol. The highest BCUT2D eigenvalue weighted by molar-refractivity contribution is 5.66. The fourth-order valence-electron chi connectivity index (χ4n) is 3.96. The summed E-state index contributed by atoms with van der Waals surface area (Å²) >= 11 is 0. The van der Waals surface area contributed by atoms with Crippen LogP contribution in [0.2, 0.25) is 0 Å².